The van der Waals surface area contributed by atoms with Crippen molar-refractivity contribution in [3.05, 3.63) is 60.6 Å². The normalized spacial score (nSPS) is 10.4. The van der Waals surface area contributed by atoms with Gasteiger partial charge in [0.2, 0.25) is 0 Å². The van der Waals surface area contributed by atoms with Crippen LogP contribution in [0.3, 0.4) is 0 Å². The average molecular weight is 366 g/mol. The number of ether oxygens (including phenoxy) is 2. The number of benzene rings is 1. The molecule has 0 aliphatic heterocycles. The molecule has 0 aliphatic carbocycles. The van der Waals surface area contributed by atoms with E-state index in [1.165, 1.54) is 0 Å². The third-order valence-corrected chi connectivity index (χ3v) is 3.88. The molecule has 1 aromatic carbocycles. The SMILES string of the molecule is CCOc1ccc(OCC(=O)NCc2cc(-c3ccncc3)n(C)n2)cc1. The molecule has 140 valence electrons. The van der Waals surface area contributed by atoms with Crippen molar-refractivity contribution < 1.29 is 14.3 Å². The van der Waals surface area contributed by atoms with E-state index in [0.29, 0.717) is 18.9 Å². The second kappa shape index (κ2) is 8.84. The minimum absolute atomic E-state index is 0.0575. The van der Waals surface area contributed by atoms with E-state index >= 15 is 0 Å². The number of aryl methyl sites for hydroxylation is 1. The van der Waals surface area contributed by atoms with Crippen LogP contribution in [0.25, 0.3) is 11.3 Å². The van der Waals surface area contributed by atoms with Gasteiger partial charge in [-0.15, -0.1) is 0 Å². The van der Waals surface area contributed by atoms with E-state index in [1.54, 1.807) is 29.2 Å². The monoisotopic (exact) mass is 366 g/mol. The Morgan fingerprint density at radius 2 is 1.74 bits per heavy atom. The van der Waals surface area contributed by atoms with Gasteiger partial charge in [0.1, 0.15) is 11.5 Å². The number of nitrogens with one attached hydrogen (secondary N) is 1. The molecule has 0 saturated carbocycles. The number of pyridine rings is 1. The van der Waals surface area contributed by atoms with E-state index in [9.17, 15) is 4.79 Å². The molecule has 0 radical (unpaired) electrons. The van der Waals surface area contributed by atoms with Crippen molar-refractivity contribution >= 4 is 5.91 Å². The summed E-state index contributed by atoms with van der Waals surface area (Å²) in [4.78, 5) is 16.0. The molecular formula is C20H22N4O3. The fourth-order valence-electron chi connectivity index (χ4n) is 2.59. The molecule has 7 nitrogen and oxygen atoms in total. The summed E-state index contributed by atoms with van der Waals surface area (Å²) in [5, 5.41) is 7.25. The van der Waals surface area contributed by atoms with Gasteiger partial charge in [0, 0.05) is 25.0 Å². The molecule has 0 atom stereocenters. The van der Waals surface area contributed by atoms with Crippen molar-refractivity contribution in [3.63, 3.8) is 0 Å². The highest BCUT2D eigenvalue weighted by atomic mass is 16.5. The van der Waals surface area contributed by atoms with Gasteiger partial charge in [-0.25, -0.2) is 0 Å². The van der Waals surface area contributed by atoms with E-state index in [0.717, 1.165) is 22.7 Å². The zero-order valence-corrected chi connectivity index (χ0v) is 15.4. The van der Waals surface area contributed by atoms with E-state index in [2.05, 4.69) is 15.4 Å². The molecule has 0 fully saturated rings. The molecule has 0 saturated heterocycles. The van der Waals surface area contributed by atoms with Crippen LogP contribution in [0.1, 0.15) is 12.6 Å². The Labute approximate surface area is 158 Å². The molecule has 27 heavy (non-hydrogen) atoms. The summed E-state index contributed by atoms with van der Waals surface area (Å²) in [6, 6.07) is 13.0. The molecule has 2 aromatic heterocycles. The molecule has 0 aliphatic rings. The van der Waals surface area contributed by atoms with Crippen molar-refractivity contribution in [1.29, 1.82) is 0 Å². The lowest BCUT2D eigenvalue weighted by Crippen LogP contribution is -2.28. The molecule has 1 amide bonds. The fraction of sp³-hybridized carbons (Fsp3) is 0.250. The van der Waals surface area contributed by atoms with Crippen LogP contribution in [0.5, 0.6) is 11.5 Å². The molecule has 0 unspecified atom stereocenters. The zero-order chi connectivity index (χ0) is 19.1. The van der Waals surface area contributed by atoms with Crippen molar-refractivity contribution in [2.24, 2.45) is 7.05 Å². The Bertz CT molecular complexity index is 876. The Morgan fingerprint density at radius 1 is 1.07 bits per heavy atom. The highest BCUT2D eigenvalue weighted by molar-refractivity contribution is 5.77. The van der Waals surface area contributed by atoms with Gasteiger partial charge in [-0.3, -0.25) is 14.5 Å². The first-order chi connectivity index (χ1) is 13.2. The predicted molar refractivity (Wildman–Crippen MR) is 101 cm³/mol. The van der Waals surface area contributed by atoms with Gasteiger partial charge in [-0.1, -0.05) is 0 Å². The largest absolute Gasteiger partial charge is 0.494 e. The Kier molecular flexibility index (Phi) is 6.04. The zero-order valence-electron chi connectivity index (χ0n) is 15.4. The van der Waals surface area contributed by atoms with Crippen LogP contribution in [-0.2, 0) is 18.4 Å². The third-order valence-electron chi connectivity index (χ3n) is 3.88. The van der Waals surface area contributed by atoms with Crippen molar-refractivity contribution in [3.8, 4) is 22.8 Å². The first-order valence-corrected chi connectivity index (χ1v) is 8.71. The molecule has 3 rings (SSSR count). The van der Waals surface area contributed by atoms with Crippen molar-refractivity contribution in [2.75, 3.05) is 13.2 Å². The lowest BCUT2D eigenvalue weighted by molar-refractivity contribution is -0.123. The van der Waals surface area contributed by atoms with Crippen LogP contribution in [0.4, 0.5) is 0 Å². The maximum absolute atomic E-state index is 12.0. The molecule has 3 aromatic rings. The summed E-state index contributed by atoms with van der Waals surface area (Å²) in [6.07, 6.45) is 3.48. The highest BCUT2D eigenvalue weighted by Crippen LogP contribution is 2.19. The molecule has 1 N–H and O–H groups in total. The van der Waals surface area contributed by atoms with Crippen LogP contribution < -0.4 is 14.8 Å². The first-order valence-electron chi connectivity index (χ1n) is 8.71. The number of rotatable bonds is 8. The molecule has 2 heterocycles. The van der Waals surface area contributed by atoms with E-state index in [1.807, 2.05) is 44.3 Å². The molecule has 0 spiro atoms. The summed E-state index contributed by atoms with van der Waals surface area (Å²) in [6.45, 7) is 2.82. The second-order valence-electron chi connectivity index (χ2n) is 5.85. The smallest absolute Gasteiger partial charge is 0.258 e. The topological polar surface area (TPSA) is 78.3 Å². The number of hydrogen-bond acceptors (Lipinski definition) is 5. The molecular weight excluding hydrogens is 344 g/mol. The summed E-state index contributed by atoms with van der Waals surface area (Å²) < 4.78 is 12.6. The lowest BCUT2D eigenvalue weighted by Gasteiger charge is -2.08. The van der Waals surface area contributed by atoms with E-state index in [4.69, 9.17) is 9.47 Å². The number of hydrogen-bond donors (Lipinski definition) is 1. The number of nitrogens with zero attached hydrogens (tertiary/aromatic N) is 3. The predicted octanol–water partition coefficient (Wildman–Crippen LogP) is 2.58. The summed E-state index contributed by atoms with van der Waals surface area (Å²) >= 11 is 0. The Balaban J connectivity index is 1.49. The first kappa shape index (κ1) is 18.4. The van der Waals surface area contributed by atoms with Gasteiger partial charge in [0.25, 0.3) is 5.91 Å². The summed E-state index contributed by atoms with van der Waals surface area (Å²) in [5.74, 6) is 1.18. The van der Waals surface area contributed by atoms with Crippen LogP contribution in [0.2, 0.25) is 0 Å². The second-order valence-corrected chi connectivity index (χ2v) is 5.85. The fourth-order valence-corrected chi connectivity index (χ4v) is 2.59. The number of carbonyl (C=O) groups excluding carboxylic acids is 1. The lowest BCUT2D eigenvalue weighted by atomic mass is 10.2. The number of carbonyl (C=O) groups is 1. The van der Waals surface area contributed by atoms with Gasteiger partial charge in [-0.05, 0) is 49.4 Å². The van der Waals surface area contributed by atoms with Crippen LogP contribution in [0, 0.1) is 0 Å². The van der Waals surface area contributed by atoms with Crippen molar-refractivity contribution in [1.82, 2.24) is 20.1 Å². The average Bonchev–Trinajstić information content (AvgIpc) is 3.07. The van der Waals surface area contributed by atoms with Crippen LogP contribution in [-0.4, -0.2) is 33.9 Å². The molecule has 0 bridgehead atoms. The quantitative estimate of drug-likeness (QED) is 0.663. The maximum Gasteiger partial charge on any atom is 0.258 e. The number of aromatic nitrogens is 3. The van der Waals surface area contributed by atoms with Gasteiger partial charge < -0.3 is 14.8 Å². The minimum Gasteiger partial charge on any atom is -0.494 e. The Morgan fingerprint density at radius 3 is 2.41 bits per heavy atom. The van der Waals surface area contributed by atoms with Crippen LogP contribution in [0.15, 0.2) is 54.9 Å². The maximum atomic E-state index is 12.0. The van der Waals surface area contributed by atoms with E-state index in [-0.39, 0.29) is 12.5 Å². The van der Waals surface area contributed by atoms with Gasteiger partial charge in [-0.2, -0.15) is 5.10 Å². The molecule has 7 heteroatoms. The third kappa shape index (κ3) is 5.07. The van der Waals surface area contributed by atoms with Gasteiger partial charge >= 0.3 is 0 Å². The highest BCUT2D eigenvalue weighted by Gasteiger charge is 2.09. The van der Waals surface area contributed by atoms with Crippen molar-refractivity contribution in [2.45, 2.75) is 13.5 Å². The standard InChI is InChI=1S/C20H22N4O3/c1-3-26-17-4-6-18(7-5-17)27-14-20(25)22-13-16-12-19(24(2)23-16)15-8-10-21-11-9-15/h4-12H,3,13-14H2,1-2H3,(H,22,25). The minimum atomic E-state index is -0.208. The summed E-state index contributed by atoms with van der Waals surface area (Å²) in [5.41, 5.74) is 2.77. The van der Waals surface area contributed by atoms with E-state index < -0.39 is 0 Å². The number of amides is 1. The van der Waals surface area contributed by atoms with Gasteiger partial charge in [0.15, 0.2) is 6.61 Å². The van der Waals surface area contributed by atoms with Crippen LogP contribution >= 0.6 is 0 Å². The summed E-state index contributed by atoms with van der Waals surface area (Å²) in [7, 11) is 1.87. The van der Waals surface area contributed by atoms with Gasteiger partial charge in [0.05, 0.1) is 24.5 Å². The Hall–Kier alpha value is -3.35.